The molecule has 0 saturated heterocycles. The van der Waals surface area contributed by atoms with Gasteiger partial charge < -0.3 is 13.7 Å². The zero-order valence-corrected chi connectivity index (χ0v) is 25.4. The summed E-state index contributed by atoms with van der Waals surface area (Å²) >= 11 is 0. The molecule has 0 spiro atoms. The standard InChI is InChI=1S/C44H27NO2/c1-2-10-28(11-3-1)29-20-23-32(24-21-29)45(38-18-8-14-30-12-4-6-15-33(30)38)39-19-9-17-37-41-40(46-43(37)39)27-26-36-35-25-22-31-13-5-7-16-34(31)42(35)47-44(36)41/h1-27H. The molecule has 2 heterocycles. The fourth-order valence-corrected chi connectivity index (χ4v) is 7.25. The van der Waals surface area contributed by atoms with Gasteiger partial charge in [0.2, 0.25) is 0 Å². The molecule has 0 atom stereocenters. The normalized spacial score (nSPS) is 11.8. The lowest BCUT2D eigenvalue weighted by Gasteiger charge is -2.27. The molecular formula is C44H27NO2. The molecule has 0 saturated carbocycles. The zero-order valence-electron chi connectivity index (χ0n) is 25.4. The van der Waals surface area contributed by atoms with Gasteiger partial charge in [0, 0.05) is 32.6 Å². The summed E-state index contributed by atoms with van der Waals surface area (Å²) in [6, 6.07) is 57.7. The van der Waals surface area contributed by atoms with Gasteiger partial charge in [-0.15, -0.1) is 0 Å². The lowest BCUT2D eigenvalue weighted by atomic mass is 10.0. The number of anilines is 3. The van der Waals surface area contributed by atoms with E-state index >= 15 is 0 Å². The molecule has 0 N–H and O–H groups in total. The molecular weight excluding hydrogens is 574 g/mol. The second kappa shape index (κ2) is 10.1. The van der Waals surface area contributed by atoms with Crippen molar-refractivity contribution in [1.82, 2.24) is 0 Å². The second-order valence-electron chi connectivity index (χ2n) is 12.1. The summed E-state index contributed by atoms with van der Waals surface area (Å²) in [5.41, 5.74) is 8.86. The summed E-state index contributed by atoms with van der Waals surface area (Å²) in [5.74, 6) is 0. The Balaban J connectivity index is 1.24. The van der Waals surface area contributed by atoms with Crippen molar-refractivity contribution in [2.45, 2.75) is 0 Å². The van der Waals surface area contributed by atoms with Gasteiger partial charge in [-0.2, -0.15) is 0 Å². The van der Waals surface area contributed by atoms with Crippen LogP contribution in [-0.2, 0) is 0 Å². The number of hydrogen-bond donors (Lipinski definition) is 0. The molecule has 2 aromatic heterocycles. The van der Waals surface area contributed by atoms with Gasteiger partial charge in [-0.25, -0.2) is 0 Å². The van der Waals surface area contributed by atoms with E-state index in [4.69, 9.17) is 8.83 Å². The molecule has 3 heteroatoms. The van der Waals surface area contributed by atoms with Crippen LogP contribution < -0.4 is 4.90 Å². The lowest BCUT2D eigenvalue weighted by Crippen LogP contribution is -2.10. The molecule has 0 aliphatic heterocycles. The van der Waals surface area contributed by atoms with Crippen LogP contribution >= 0.6 is 0 Å². The van der Waals surface area contributed by atoms with Crippen molar-refractivity contribution in [3.05, 3.63) is 164 Å². The number of rotatable bonds is 4. The van der Waals surface area contributed by atoms with Crippen LogP contribution in [0.25, 0.3) is 76.5 Å². The number of furan rings is 2. The maximum atomic E-state index is 6.80. The highest BCUT2D eigenvalue weighted by Gasteiger charge is 2.23. The van der Waals surface area contributed by atoms with Gasteiger partial charge in [0.25, 0.3) is 0 Å². The highest BCUT2D eigenvalue weighted by atomic mass is 16.3. The van der Waals surface area contributed by atoms with Crippen LogP contribution in [0.15, 0.2) is 173 Å². The topological polar surface area (TPSA) is 29.5 Å². The summed E-state index contributed by atoms with van der Waals surface area (Å²) < 4.78 is 13.6. The van der Waals surface area contributed by atoms with Crippen molar-refractivity contribution in [3.8, 4) is 11.1 Å². The summed E-state index contributed by atoms with van der Waals surface area (Å²) in [5, 5.41) is 8.86. The first-order valence-corrected chi connectivity index (χ1v) is 15.9. The quantitative estimate of drug-likeness (QED) is 0.201. The van der Waals surface area contributed by atoms with Crippen molar-refractivity contribution in [1.29, 1.82) is 0 Å². The average molecular weight is 602 g/mol. The molecule has 10 aromatic rings. The Bertz CT molecular complexity index is 2780. The van der Waals surface area contributed by atoms with Crippen LogP contribution in [0.1, 0.15) is 0 Å². The lowest BCUT2D eigenvalue weighted by molar-refractivity contribution is 0.664. The maximum Gasteiger partial charge on any atom is 0.159 e. The third-order valence-corrected chi connectivity index (χ3v) is 9.45. The molecule has 0 unspecified atom stereocenters. The predicted molar refractivity (Wildman–Crippen MR) is 196 cm³/mol. The largest absolute Gasteiger partial charge is 0.455 e. The number of fused-ring (bicyclic) bond motifs is 10. The van der Waals surface area contributed by atoms with Gasteiger partial charge in [0.05, 0.1) is 16.8 Å². The fourth-order valence-electron chi connectivity index (χ4n) is 7.25. The van der Waals surface area contributed by atoms with Crippen molar-refractivity contribution < 1.29 is 8.83 Å². The zero-order chi connectivity index (χ0) is 30.9. The van der Waals surface area contributed by atoms with Crippen LogP contribution in [0, 0.1) is 0 Å². The van der Waals surface area contributed by atoms with Crippen LogP contribution in [0.3, 0.4) is 0 Å². The number of hydrogen-bond acceptors (Lipinski definition) is 3. The minimum atomic E-state index is 0.806. The van der Waals surface area contributed by atoms with Crippen LogP contribution in [-0.4, -0.2) is 0 Å². The van der Waals surface area contributed by atoms with Gasteiger partial charge in [0.15, 0.2) is 5.58 Å². The van der Waals surface area contributed by atoms with E-state index in [2.05, 4.69) is 169 Å². The van der Waals surface area contributed by atoms with E-state index in [0.29, 0.717) is 0 Å². The molecule has 8 aromatic carbocycles. The van der Waals surface area contributed by atoms with Crippen molar-refractivity contribution in [2.24, 2.45) is 0 Å². The first-order chi connectivity index (χ1) is 23.3. The average Bonchev–Trinajstić information content (AvgIpc) is 3.72. The molecule has 0 aliphatic carbocycles. The van der Waals surface area contributed by atoms with E-state index in [9.17, 15) is 0 Å². The van der Waals surface area contributed by atoms with Crippen molar-refractivity contribution in [3.63, 3.8) is 0 Å². The number of para-hydroxylation sites is 1. The van der Waals surface area contributed by atoms with Crippen molar-refractivity contribution >= 4 is 82.5 Å². The molecule has 0 amide bonds. The molecule has 0 bridgehead atoms. The number of benzene rings is 8. The summed E-state index contributed by atoms with van der Waals surface area (Å²) in [6.07, 6.45) is 0. The summed E-state index contributed by atoms with van der Waals surface area (Å²) in [7, 11) is 0. The molecule has 47 heavy (non-hydrogen) atoms. The summed E-state index contributed by atoms with van der Waals surface area (Å²) in [6.45, 7) is 0. The highest BCUT2D eigenvalue weighted by Crippen LogP contribution is 2.47. The smallest absolute Gasteiger partial charge is 0.159 e. The first-order valence-electron chi connectivity index (χ1n) is 15.9. The van der Waals surface area contributed by atoms with E-state index in [1.54, 1.807) is 0 Å². The van der Waals surface area contributed by atoms with Gasteiger partial charge in [-0.1, -0.05) is 121 Å². The second-order valence-corrected chi connectivity index (χ2v) is 12.1. The third-order valence-electron chi connectivity index (χ3n) is 9.45. The van der Waals surface area contributed by atoms with E-state index in [0.717, 1.165) is 66.3 Å². The fraction of sp³-hybridized carbons (Fsp3) is 0. The maximum absolute atomic E-state index is 6.80. The van der Waals surface area contributed by atoms with Gasteiger partial charge >= 0.3 is 0 Å². The van der Waals surface area contributed by atoms with Gasteiger partial charge in [-0.05, 0) is 64.4 Å². The monoisotopic (exact) mass is 601 g/mol. The molecule has 10 rings (SSSR count). The Morgan fingerprint density at radius 3 is 1.81 bits per heavy atom. The van der Waals surface area contributed by atoms with E-state index < -0.39 is 0 Å². The minimum absolute atomic E-state index is 0.806. The SMILES string of the molecule is c1ccc(-c2ccc(N(c3cccc4ccccc34)c3cccc4c3oc3ccc5c6ccc7ccccc7c6oc5c34)cc2)cc1. The molecule has 0 fully saturated rings. The highest BCUT2D eigenvalue weighted by molar-refractivity contribution is 6.25. The molecule has 220 valence electrons. The Morgan fingerprint density at radius 1 is 0.340 bits per heavy atom. The Labute approximate surface area is 270 Å². The minimum Gasteiger partial charge on any atom is -0.455 e. The molecule has 3 nitrogen and oxygen atoms in total. The van der Waals surface area contributed by atoms with Crippen molar-refractivity contribution in [2.75, 3.05) is 4.90 Å². The third kappa shape index (κ3) is 3.93. The summed E-state index contributed by atoms with van der Waals surface area (Å²) in [4.78, 5) is 2.32. The van der Waals surface area contributed by atoms with Gasteiger partial charge in [0.1, 0.15) is 16.7 Å². The number of nitrogens with zero attached hydrogens (tertiary/aromatic N) is 1. The Morgan fingerprint density at radius 2 is 0.957 bits per heavy atom. The van der Waals surface area contributed by atoms with E-state index in [-0.39, 0.29) is 0 Å². The Kier molecular flexibility index (Phi) is 5.57. The van der Waals surface area contributed by atoms with Crippen LogP contribution in [0.5, 0.6) is 0 Å². The molecule has 0 radical (unpaired) electrons. The Hall–Kier alpha value is -6.32. The van der Waals surface area contributed by atoms with Gasteiger partial charge in [-0.3, -0.25) is 0 Å². The van der Waals surface area contributed by atoms with E-state index in [1.807, 2.05) is 0 Å². The predicted octanol–water partition coefficient (Wildman–Crippen LogP) is 12.9. The van der Waals surface area contributed by atoms with Crippen LogP contribution in [0.2, 0.25) is 0 Å². The van der Waals surface area contributed by atoms with E-state index in [1.165, 1.54) is 27.3 Å². The van der Waals surface area contributed by atoms with Crippen LogP contribution in [0.4, 0.5) is 17.1 Å². The molecule has 0 aliphatic rings. The first kappa shape index (κ1) is 26.0.